The summed E-state index contributed by atoms with van der Waals surface area (Å²) in [6.07, 6.45) is 2.18. The molecule has 1 aromatic heterocycles. The largest absolute Gasteiger partial charge is 0.496 e. The van der Waals surface area contributed by atoms with E-state index in [0.29, 0.717) is 16.7 Å². The van der Waals surface area contributed by atoms with Crippen molar-refractivity contribution in [1.82, 2.24) is 19.7 Å². The van der Waals surface area contributed by atoms with Gasteiger partial charge in [0.05, 0.1) is 18.4 Å². The molecule has 7 heteroatoms. The van der Waals surface area contributed by atoms with Gasteiger partial charge in [0, 0.05) is 18.8 Å². The molecule has 144 valence electrons. The van der Waals surface area contributed by atoms with Crippen LogP contribution in [0.4, 0.5) is 0 Å². The van der Waals surface area contributed by atoms with Crippen molar-refractivity contribution in [1.29, 1.82) is 0 Å². The lowest BCUT2D eigenvalue weighted by atomic mass is 10.2. The maximum absolute atomic E-state index is 12.5. The van der Waals surface area contributed by atoms with Crippen LogP contribution in [-0.2, 0) is 4.79 Å². The second kappa shape index (κ2) is 8.48. The Kier molecular flexibility index (Phi) is 5.62. The summed E-state index contributed by atoms with van der Waals surface area (Å²) in [6.45, 7) is 1.72. The van der Waals surface area contributed by atoms with E-state index in [1.807, 2.05) is 64.1 Å². The predicted octanol–water partition coefficient (Wildman–Crippen LogP) is 3.66. The zero-order valence-electron chi connectivity index (χ0n) is 15.7. The molecule has 2 heterocycles. The number of aromatic nitrogens is 3. The zero-order chi connectivity index (χ0) is 19.3. The Balaban J connectivity index is 1.69. The van der Waals surface area contributed by atoms with E-state index >= 15 is 0 Å². The molecule has 0 saturated carbocycles. The van der Waals surface area contributed by atoms with Crippen LogP contribution in [0, 0.1) is 0 Å². The first-order valence-electron chi connectivity index (χ1n) is 9.32. The molecule has 0 aliphatic carbocycles. The van der Waals surface area contributed by atoms with Gasteiger partial charge in [-0.2, -0.15) is 0 Å². The van der Waals surface area contributed by atoms with E-state index in [0.717, 1.165) is 42.9 Å². The van der Waals surface area contributed by atoms with Gasteiger partial charge in [0.15, 0.2) is 11.0 Å². The summed E-state index contributed by atoms with van der Waals surface area (Å²) >= 11 is 1.42. The standard InChI is InChI=1S/C21H22N4O2S/c1-27-18-12-6-5-11-17(18)20-22-23-21(25(20)16-9-3-2-4-10-16)28-15-19(26)24-13-7-8-14-24/h2-6,9-12H,7-8,13-15H2,1H3. The van der Waals surface area contributed by atoms with Gasteiger partial charge < -0.3 is 9.64 Å². The monoisotopic (exact) mass is 394 g/mol. The first-order valence-corrected chi connectivity index (χ1v) is 10.3. The van der Waals surface area contributed by atoms with Crippen molar-refractivity contribution in [2.45, 2.75) is 18.0 Å². The lowest BCUT2D eigenvalue weighted by Gasteiger charge is -2.15. The second-order valence-corrected chi connectivity index (χ2v) is 7.50. The highest BCUT2D eigenvalue weighted by molar-refractivity contribution is 7.99. The summed E-state index contributed by atoms with van der Waals surface area (Å²) in [5, 5.41) is 9.52. The smallest absolute Gasteiger partial charge is 0.233 e. The van der Waals surface area contributed by atoms with Gasteiger partial charge in [0.1, 0.15) is 5.75 Å². The minimum Gasteiger partial charge on any atom is -0.496 e. The SMILES string of the molecule is COc1ccccc1-c1nnc(SCC(=O)N2CCCC2)n1-c1ccccc1. The molecule has 1 aliphatic rings. The molecule has 0 spiro atoms. The number of nitrogens with zero attached hydrogens (tertiary/aromatic N) is 4. The van der Waals surface area contributed by atoms with Crippen LogP contribution in [0.15, 0.2) is 59.8 Å². The number of methoxy groups -OCH3 is 1. The molecule has 0 unspecified atom stereocenters. The van der Waals surface area contributed by atoms with Crippen molar-refractivity contribution in [2.75, 3.05) is 26.0 Å². The van der Waals surface area contributed by atoms with Crippen LogP contribution in [0.3, 0.4) is 0 Å². The number of carbonyl (C=O) groups is 1. The number of benzene rings is 2. The summed E-state index contributed by atoms with van der Waals surface area (Å²) in [7, 11) is 1.65. The number of carbonyl (C=O) groups excluding carboxylic acids is 1. The Morgan fingerprint density at radius 2 is 1.75 bits per heavy atom. The Morgan fingerprint density at radius 3 is 2.50 bits per heavy atom. The molecule has 0 bridgehead atoms. The van der Waals surface area contributed by atoms with Crippen molar-refractivity contribution >= 4 is 17.7 Å². The highest BCUT2D eigenvalue weighted by Gasteiger charge is 2.22. The fourth-order valence-electron chi connectivity index (χ4n) is 3.36. The molecule has 6 nitrogen and oxygen atoms in total. The number of hydrogen-bond donors (Lipinski definition) is 0. The molecule has 0 radical (unpaired) electrons. The zero-order valence-corrected chi connectivity index (χ0v) is 16.6. The van der Waals surface area contributed by atoms with Gasteiger partial charge in [0.2, 0.25) is 5.91 Å². The van der Waals surface area contributed by atoms with Crippen LogP contribution in [0.5, 0.6) is 5.75 Å². The van der Waals surface area contributed by atoms with Gasteiger partial charge in [-0.15, -0.1) is 10.2 Å². The first kappa shape index (κ1) is 18.6. The molecule has 1 aliphatic heterocycles. The Labute approximate surface area is 168 Å². The summed E-state index contributed by atoms with van der Waals surface area (Å²) in [4.78, 5) is 14.4. The number of amides is 1. The molecule has 4 rings (SSSR count). The van der Waals surface area contributed by atoms with Crippen LogP contribution >= 0.6 is 11.8 Å². The van der Waals surface area contributed by atoms with Crippen molar-refractivity contribution in [3.63, 3.8) is 0 Å². The third-order valence-electron chi connectivity index (χ3n) is 4.78. The van der Waals surface area contributed by atoms with Crippen LogP contribution in [0.2, 0.25) is 0 Å². The average molecular weight is 395 g/mol. The lowest BCUT2D eigenvalue weighted by molar-refractivity contribution is -0.127. The molecule has 1 saturated heterocycles. The molecule has 2 aromatic carbocycles. The summed E-state index contributed by atoms with van der Waals surface area (Å²) in [6, 6.07) is 17.7. The quantitative estimate of drug-likeness (QED) is 0.597. The van der Waals surface area contributed by atoms with Crippen LogP contribution in [0.1, 0.15) is 12.8 Å². The predicted molar refractivity (Wildman–Crippen MR) is 110 cm³/mol. The highest BCUT2D eigenvalue weighted by Crippen LogP contribution is 2.33. The molecule has 0 N–H and O–H groups in total. The van der Waals surface area contributed by atoms with Crippen LogP contribution in [0.25, 0.3) is 17.1 Å². The highest BCUT2D eigenvalue weighted by atomic mass is 32.2. The molecule has 3 aromatic rings. The number of thioether (sulfide) groups is 1. The van der Waals surface area contributed by atoms with Gasteiger partial charge in [-0.1, -0.05) is 42.1 Å². The van der Waals surface area contributed by atoms with E-state index in [1.54, 1.807) is 7.11 Å². The third-order valence-corrected chi connectivity index (χ3v) is 5.69. The molecule has 0 atom stereocenters. The van der Waals surface area contributed by atoms with Gasteiger partial charge >= 0.3 is 0 Å². The fraction of sp³-hybridized carbons (Fsp3) is 0.286. The van der Waals surface area contributed by atoms with E-state index in [9.17, 15) is 4.79 Å². The third kappa shape index (κ3) is 3.75. The normalized spacial score (nSPS) is 13.7. The number of para-hydroxylation sites is 2. The van der Waals surface area contributed by atoms with E-state index in [1.165, 1.54) is 11.8 Å². The second-order valence-electron chi connectivity index (χ2n) is 6.55. The Morgan fingerprint density at radius 1 is 1.04 bits per heavy atom. The van der Waals surface area contributed by atoms with Crippen molar-refractivity contribution < 1.29 is 9.53 Å². The Bertz CT molecular complexity index is 952. The van der Waals surface area contributed by atoms with E-state index in [-0.39, 0.29) is 5.91 Å². The van der Waals surface area contributed by atoms with Gasteiger partial charge in [-0.25, -0.2) is 0 Å². The number of rotatable bonds is 6. The van der Waals surface area contributed by atoms with Crippen LogP contribution < -0.4 is 4.74 Å². The maximum atomic E-state index is 12.5. The minimum absolute atomic E-state index is 0.156. The van der Waals surface area contributed by atoms with Crippen molar-refractivity contribution in [3.05, 3.63) is 54.6 Å². The van der Waals surface area contributed by atoms with E-state index in [4.69, 9.17) is 4.74 Å². The van der Waals surface area contributed by atoms with Crippen LogP contribution in [-0.4, -0.2) is 51.5 Å². The molecular formula is C21H22N4O2S. The number of ether oxygens (including phenoxy) is 1. The van der Waals surface area contributed by atoms with Crippen molar-refractivity contribution in [3.8, 4) is 22.8 Å². The van der Waals surface area contributed by atoms with E-state index < -0.39 is 0 Å². The van der Waals surface area contributed by atoms with Gasteiger partial charge in [-0.05, 0) is 37.1 Å². The summed E-state index contributed by atoms with van der Waals surface area (Å²) in [5.74, 6) is 1.94. The number of hydrogen-bond acceptors (Lipinski definition) is 5. The van der Waals surface area contributed by atoms with E-state index in [2.05, 4.69) is 10.2 Å². The first-order chi connectivity index (χ1) is 13.8. The molecular weight excluding hydrogens is 372 g/mol. The lowest BCUT2D eigenvalue weighted by Crippen LogP contribution is -2.29. The molecule has 1 amide bonds. The fourth-order valence-corrected chi connectivity index (χ4v) is 4.22. The van der Waals surface area contributed by atoms with Gasteiger partial charge in [0.25, 0.3) is 0 Å². The van der Waals surface area contributed by atoms with Gasteiger partial charge in [-0.3, -0.25) is 9.36 Å². The molecule has 1 fully saturated rings. The number of likely N-dealkylation sites (tertiary alicyclic amines) is 1. The summed E-state index contributed by atoms with van der Waals surface area (Å²) in [5.41, 5.74) is 1.81. The maximum Gasteiger partial charge on any atom is 0.233 e. The minimum atomic E-state index is 0.156. The van der Waals surface area contributed by atoms with Crippen molar-refractivity contribution in [2.24, 2.45) is 0 Å². The average Bonchev–Trinajstić information content (AvgIpc) is 3.43. The topological polar surface area (TPSA) is 60.3 Å². The molecule has 28 heavy (non-hydrogen) atoms. The summed E-state index contributed by atoms with van der Waals surface area (Å²) < 4.78 is 7.50. The Hall–Kier alpha value is -2.80.